The fraction of sp³-hybridized carbons (Fsp3) is 0.812. The summed E-state index contributed by atoms with van der Waals surface area (Å²) in [5, 5.41) is 10.5. The summed E-state index contributed by atoms with van der Waals surface area (Å²) in [6.45, 7) is 4.20. The van der Waals surface area contributed by atoms with Crippen molar-refractivity contribution in [1.29, 1.82) is 0 Å². The molecule has 108 valence electrons. The van der Waals surface area contributed by atoms with Gasteiger partial charge in [-0.1, -0.05) is 18.6 Å². The van der Waals surface area contributed by atoms with Gasteiger partial charge in [0.25, 0.3) is 0 Å². The third-order valence-electron chi connectivity index (χ3n) is 5.06. The van der Waals surface area contributed by atoms with Gasteiger partial charge in [-0.3, -0.25) is 4.79 Å². The van der Waals surface area contributed by atoms with Crippen LogP contribution in [0.25, 0.3) is 0 Å². The summed E-state index contributed by atoms with van der Waals surface area (Å²) >= 11 is 0. The Morgan fingerprint density at radius 2 is 2.32 bits per heavy atom. The van der Waals surface area contributed by atoms with Crippen LogP contribution in [0.2, 0.25) is 0 Å². The van der Waals surface area contributed by atoms with Crippen LogP contribution in [0, 0.1) is 11.3 Å². The van der Waals surface area contributed by atoms with E-state index >= 15 is 0 Å². The van der Waals surface area contributed by atoms with Crippen molar-refractivity contribution < 1.29 is 14.6 Å². The van der Waals surface area contributed by atoms with Crippen LogP contribution in [-0.4, -0.2) is 23.8 Å². The topological polar surface area (TPSA) is 46.5 Å². The van der Waals surface area contributed by atoms with Gasteiger partial charge in [0.15, 0.2) is 0 Å². The molecule has 2 aliphatic rings. The van der Waals surface area contributed by atoms with E-state index in [9.17, 15) is 9.90 Å². The summed E-state index contributed by atoms with van der Waals surface area (Å²) in [5.74, 6) is 0.325. The predicted molar refractivity (Wildman–Crippen MR) is 74.6 cm³/mol. The van der Waals surface area contributed by atoms with Crippen LogP contribution in [0.1, 0.15) is 58.8 Å². The van der Waals surface area contributed by atoms with Crippen molar-refractivity contribution in [3.63, 3.8) is 0 Å². The molecule has 0 aromatic heterocycles. The van der Waals surface area contributed by atoms with Crippen molar-refractivity contribution >= 4 is 5.97 Å². The quantitative estimate of drug-likeness (QED) is 0.483. The van der Waals surface area contributed by atoms with Crippen LogP contribution in [0.3, 0.4) is 0 Å². The molecular weight excluding hydrogens is 240 g/mol. The Hall–Kier alpha value is -0.830. The Kier molecular flexibility index (Phi) is 4.67. The molecule has 0 bridgehead atoms. The minimum absolute atomic E-state index is 0.0350. The molecule has 3 nitrogen and oxygen atoms in total. The molecule has 3 heteroatoms. The van der Waals surface area contributed by atoms with E-state index in [-0.39, 0.29) is 17.5 Å². The molecule has 1 N–H and O–H groups in total. The number of rotatable bonds is 4. The lowest BCUT2D eigenvalue weighted by Gasteiger charge is -2.49. The van der Waals surface area contributed by atoms with Crippen LogP contribution in [0.15, 0.2) is 11.6 Å². The smallest absolute Gasteiger partial charge is 0.302 e. The lowest BCUT2D eigenvalue weighted by atomic mass is 9.58. The van der Waals surface area contributed by atoms with Gasteiger partial charge < -0.3 is 9.84 Å². The maximum atomic E-state index is 10.8. The number of allylic oxidation sites excluding steroid dienone is 1. The van der Waals surface area contributed by atoms with Crippen molar-refractivity contribution in [1.82, 2.24) is 0 Å². The second-order valence-electron chi connectivity index (χ2n) is 6.18. The maximum Gasteiger partial charge on any atom is 0.302 e. The fourth-order valence-corrected chi connectivity index (χ4v) is 3.87. The molecule has 1 fully saturated rings. The van der Waals surface area contributed by atoms with Crippen LogP contribution >= 0.6 is 0 Å². The molecule has 0 spiro atoms. The van der Waals surface area contributed by atoms with Crippen molar-refractivity contribution in [2.45, 2.75) is 64.9 Å². The summed E-state index contributed by atoms with van der Waals surface area (Å²) in [4.78, 5) is 10.8. The van der Waals surface area contributed by atoms with Crippen molar-refractivity contribution in [3.8, 4) is 0 Å². The zero-order valence-corrected chi connectivity index (χ0v) is 12.2. The van der Waals surface area contributed by atoms with E-state index in [0.717, 1.165) is 44.9 Å². The number of aliphatic hydroxyl groups excluding tert-OH is 1. The summed E-state index contributed by atoms with van der Waals surface area (Å²) in [5.41, 5.74) is 1.43. The highest BCUT2D eigenvalue weighted by Crippen LogP contribution is 2.52. The van der Waals surface area contributed by atoms with Gasteiger partial charge in [-0.05, 0) is 50.9 Å². The minimum atomic E-state index is -0.202. The molecule has 1 saturated carbocycles. The average Bonchev–Trinajstić information content (AvgIpc) is 2.36. The number of aliphatic hydroxyl groups is 1. The third kappa shape index (κ3) is 3.02. The standard InChI is InChI=1S/C16H26O3/c1-12(17)19-11-5-9-14-7-3-6-13-8-4-10-15(18)16(13,14)2/h6,14-15,18H,3-5,7-11H2,1-2H3/t14-,15+,16+/m1/s1. The molecule has 3 atom stereocenters. The molecule has 0 aromatic rings. The Balaban J connectivity index is 1.96. The monoisotopic (exact) mass is 266 g/mol. The van der Waals surface area contributed by atoms with E-state index in [2.05, 4.69) is 13.0 Å². The first-order valence-electron chi connectivity index (χ1n) is 7.56. The molecule has 2 aliphatic carbocycles. The van der Waals surface area contributed by atoms with Gasteiger partial charge in [0.2, 0.25) is 0 Å². The first-order valence-corrected chi connectivity index (χ1v) is 7.56. The van der Waals surface area contributed by atoms with Crippen LogP contribution in [-0.2, 0) is 9.53 Å². The number of fused-ring (bicyclic) bond motifs is 1. The zero-order chi connectivity index (χ0) is 13.9. The van der Waals surface area contributed by atoms with Crippen LogP contribution < -0.4 is 0 Å². The first-order chi connectivity index (χ1) is 9.05. The number of carbonyl (C=O) groups excluding carboxylic acids is 1. The Bertz CT molecular complexity index is 361. The lowest BCUT2D eigenvalue weighted by molar-refractivity contribution is -0.141. The molecule has 0 aliphatic heterocycles. The predicted octanol–water partition coefficient (Wildman–Crippen LogP) is 3.22. The third-order valence-corrected chi connectivity index (χ3v) is 5.06. The van der Waals surface area contributed by atoms with Gasteiger partial charge in [-0.15, -0.1) is 0 Å². The van der Waals surface area contributed by atoms with Gasteiger partial charge in [-0.25, -0.2) is 0 Å². The van der Waals surface area contributed by atoms with Crippen molar-refractivity contribution in [2.75, 3.05) is 6.61 Å². The van der Waals surface area contributed by atoms with Gasteiger partial charge in [-0.2, -0.15) is 0 Å². The zero-order valence-electron chi connectivity index (χ0n) is 12.2. The second-order valence-corrected chi connectivity index (χ2v) is 6.18. The lowest BCUT2D eigenvalue weighted by Crippen LogP contribution is -2.45. The SMILES string of the molecule is CC(=O)OCCC[C@H]1CCC=C2CCC[C@H](O)[C@@]21C. The second kappa shape index (κ2) is 6.08. The van der Waals surface area contributed by atoms with E-state index in [1.807, 2.05) is 0 Å². The maximum absolute atomic E-state index is 10.8. The molecule has 0 radical (unpaired) electrons. The molecule has 0 unspecified atom stereocenters. The summed E-state index contributed by atoms with van der Waals surface area (Å²) in [6.07, 6.45) is 9.56. The Morgan fingerprint density at radius 1 is 1.53 bits per heavy atom. The number of hydrogen-bond donors (Lipinski definition) is 1. The molecule has 0 heterocycles. The highest BCUT2D eigenvalue weighted by atomic mass is 16.5. The molecular formula is C16H26O3. The van der Waals surface area contributed by atoms with E-state index in [1.54, 1.807) is 0 Å². The van der Waals surface area contributed by atoms with Crippen molar-refractivity contribution in [2.24, 2.45) is 11.3 Å². The Labute approximate surface area is 116 Å². The molecule has 0 saturated heterocycles. The van der Waals surface area contributed by atoms with Crippen LogP contribution in [0.5, 0.6) is 0 Å². The summed E-state index contributed by atoms with van der Waals surface area (Å²) in [6, 6.07) is 0. The van der Waals surface area contributed by atoms with Gasteiger partial charge in [0.1, 0.15) is 0 Å². The minimum Gasteiger partial charge on any atom is -0.466 e. The number of carbonyl (C=O) groups is 1. The van der Waals surface area contributed by atoms with E-state index < -0.39 is 0 Å². The Morgan fingerprint density at radius 3 is 3.05 bits per heavy atom. The molecule has 0 amide bonds. The van der Waals surface area contributed by atoms with E-state index in [0.29, 0.717) is 12.5 Å². The highest BCUT2D eigenvalue weighted by molar-refractivity contribution is 5.65. The average molecular weight is 266 g/mol. The van der Waals surface area contributed by atoms with E-state index in [1.165, 1.54) is 12.5 Å². The van der Waals surface area contributed by atoms with Crippen molar-refractivity contribution in [3.05, 3.63) is 11.6 Å². The number of esters is 1. The largest absolute Gasteiger partial charge is 0.466 e. The normalized spacial score (nSPS) is 34.4. The summed E-state index contributed by atoms with van der Waals surface area (Å²) < 4.78 is 5.01. The molecule has 0 aromatic carbocycles. The fourth-order valence-electron chi connectivity index (χ4n) is 3.87. The van der Waals surface area contributed by atoms with E-state index in [4.69, 9.17) is 4.74 Å². The summed E-state index contributed by atoms with van der Waals surface area (Å²) in [7, 11) is 0. The number of hydrogen-bond acceptors (Lipinski definition) is 3. The molecule has 19 heavy (non-hydrogen) atoms. The number of ether oxygens (including phenoxy) is 1. The molecule has 2 rings (SSSR count). The van der Waals surface area contributed by atoms with Crippen LogP contribution in [0.4, 0.5) is 0 Å². The first kappa shape index (κ1) is 14.6. The van der Waals surface area contributed by atoms with Gasteiger partial charge in [0.05, 0.1) is 12.7 Å². The highest BCUT2D eigenvalue weighted by Gasteiger charge is 2.46. The van der Waals surface area contributed by atoms with Gasteiger partial charge in [0, 0.05) is 12.3 Å². The van der Waals surface area contributed by atoms with Gasteiger partial charge >= 0.3 is 5.97 Å².